The third kappa shape index (κ3) is 2.24. The molecular weight excluding hydrogens is 144 g/mol. The Kier molecular flexibility index (Phi) is 3.20. The van der Waals surface area contributed by atoms with Crippen molar-refractivity contribution < 1.29 is 0 Å². The predicted molar refractivity (Wildman–Crippen MR) is 55.2 cm³/mol. The summed E-state index contributed by atoms with van der Waals surface area (Å²) in [6, 6.07) is 0. The van der Waals surface area contributed by atoms with E-state index in [1.807, 2.05) is 0 Å². The van der Waals surface area contributed by atoms with Crippen LogP contribution in [0.25, 0.3) is 0 Å². The Morgan fingerprint density at radius 3 is 2.33 bits per heavy atom. The molecule has 1 aliphatic rings. The number of hydrogen-bond donors (Lipinski definition) is 0. The Balaban J connectivity index is 2.20. The second-order valence-electron chi connectivity index (χ2n) is 5.33. The Morgan fingerprint density at radius 2 is 1.92 bits per heavy atom. The van der Waals surface area contributed by atoms with E-state index in [1.54, 1.807) is 0 Å². The van der Waals surface area contributed by atoms with Crippen LogP contribution < -0.4 is 0 Å². The van der Waals surface area contributed by atoms with Crippen molar-refractivity contribution in [2.45, 2.75) is 59.8 Å². The Labute approximate surface area is 77.7 Å². The first-order chi connectivity index (χ1) is 5.57. The Hall–Kier alpha value is 0. The van der Waals surface area contributed by atoms with Crippen LogP contribution in [0.3, 0.4) is 0 Å². The number of hydrogen-bond acceptors (Lipinski definition) is 0. The highest BCUT2D eigenvalue weighted by Crippen LogP contribution is 2.51. The minimum Gasteiger partial charge on any atom is -0.0654 e. The van der Waals surface area contributed by atoms with Gasteiger partial charge < -0.3 is 0 Å². The van der Waals surface area contributed by atoms with Crippen molar-refractivity contribution in [3.05, 3.63) is 0 Å². The first kappa shape index (κ1) is 10.1. The fourth-order valence-electron chi connectivity index (χ4n) is 2.49. The van der Waals surface area contributed by atoms with Crippen LogP contribution in [0.2, 0.25) is 0 Å². The Morgan fingerprint density at radius 1 is 1.33 bits per heavy atom. The highest BCUT2D eigenvalue weighted by Gasteiger charge is 2.40. The predicted octanol–water partition coefficient (Wildman–Crippen LogP) is 4.25. The smallest absolute Gasteiger partial charge is 0.0320 e. The molecule has 0 N–H and O–H groups in total. The topological polar surface area (TPSA) is 0 Å². The van der Waals surface area contributed by atoms with Crippen molar-refractivity contribution in [3.63, 3.8) is 0 Å². The van der Waals surface area contributed by atoms with Gasteiger partial charge in [0, 0.05) is 0 Å². The molecule has 1 fully saturated rings. The van der Waals surface area contributed by atoms with Gasteiger partial charge in [0.25, 0.3) is 0 Å². The minimum absolute atomic E-state index is 0.727. The number of unbranched alkanes of at least 4 members (excludes halogenated alkanes) is 1. The summed E-state index contributed by atoms with van der Waals surface area (Å²) in [6.07, 6.45) is 7.24. The Bertz CT molecular complexity index is 129. The summed E-state index contributed by atoms with van der Waals surface area (Å²) in [6.45, 7) is 9.50. The summed E-state index contributed by atoms with van der Waals surface area (Å²) in [7, 11) is 0. The third-order valence-electron chi connectivity index (χ3n) is 3.59. The monoisotopic (exact) mass is 168 g/mol. The molecule has 0 radical (unpaired) electrons. The molecule has 0 saturated heterocycles. The van der Waals surface area contributed by atoms with Gasteiger partial charge in [0.2, 0.25) is 0 Å². The molecule has 12 heavy (non-hydrogen) atoms. The molecule has 0 spiro atoms. The molecule has 0 aromatic carbocycles. The SMILES string of the molecule is CCCCC1(C)CC(C(C)C)C1. The van der Waals surface area contributed by atoms with Crippen LogP contribution in [0.1, 0.15) is 59.8 Å². The van der Waals surface area contributed by atoms with E-state index in [2.05, 4.69) is 27.7 Å². The van der Waals surface area contributed by atoms with E-state index < -0.39 is 0 Å². The summed E-state index contributed by atoms with van der Waals surface area (Å²) in [5.74, 6) is 1.95. The molecular formula is C12H24. The van der Waals surface area contributed by atoms with Crippen molar-refractivity contribution in [1.82, 2.24) is 0 Å². The van der Waals surface area contributed by atoms with Crippen molar-refractivity contribution in [2.75, 3.05) is 0 Å². The molecule has 0 nitrogen and oxygen atoms in total. The first-order valence-electron chi connectivity index (χ1n) is 5.57. The molecule has 1 saturated carbocycles. The van der Waals surface area contributed by atoms with E-state index in [4.69, 9.17) is 0 Å². The van der Waals surface area contributed by atoms with Gasteiger partial charge in [0.1, 0.15) is 0 Å². The third-order valence-corrected chi connectivity index (χ3v) is 3.59. The second kappa shape index (κ2) is 3.81. The first-order valence-corrected chi connectivity index (χ1v) is 5.57. The summed E-state index contributed by atoms with van der Waals surface area (Å²) in [5, 5.41) is 0. The molecule has 0 aromatic heterocycles. The van der Waals surface area contributed by atoms with Crippen LogP contribution in [0, 0.1) is 17.3 Å². The van der Waals surface area contributed by atoms with Gasteiger partial charge in [-0.2, -0.15) is 0 Å². The molecule has 0 aromatic rings. The van der Waals surface area contributed by atoms with Crippen molar-refractivity contribution in [3.8, 4) is 0 Å². The lowest BCUT2D eigenvalue weighted by Crippen LogP contribution is -2.37. The average Bonchev–Trinajstić information content (AvgIpc) is 1.95. The van der Waals surface area contributed by atoms with Gasteiger partial charge in [-0.05, 0) is 36.5 Å². The largest absolute Gasteiger partial charge is 0.0654 e. The summed E-state index contributed by atoms with van der Waals surface area (Å²) >= 11 is 0. The molecule has 0 heterocycles. The fourth-order valence-corrected chi connectivity index (χ4v) is 2.49. The summed E-state index contributed by atoms with van der Waals surface area (Å²) in [4.78, 5) is 0. The van der Waals surface area contributed by atoms with Gasteiger partial charge >= 0.3 is 0 Å². The highest BCUT2D eigenvalue weighted by atomic mass is 14.5. The van der Waals surface area contributed by atoms with Crippen molar-refractivity contribution in [2.24, 2.45) is 17.3 Å². The van der Waals surface area contributed by atoms with E-state index in [-0.39, 0.29) is 0 Å². The molecule has 72 valence electrons. The van der Waals surface area contributed by atoms with Crippen LogP contribution >= 0.6 is 0 Å². The quantitative estimate of drug-likeness (QED) is 0.588. The van der Waals surface area contributed by atoms with Gasteiger partial charge in [0.05, 0.1) is 0 Å². The second-order valence-corrected chi connectivity index (χ2v) is 5.33. The molecule has 0 unspecified atom stereocenters. The van der Waals surface area contributed by atoms with Crippen LogP contribution in [-0.2, 0) is 0 Å². The summed E-state index contributed by atoms with van der Waals surface area (Å²) < 4.78 is 0. The fraction of sp³-hybridized carbons (Fsp3) is 1.00. The zero-order valence-electron chi connectivity index (χ0n) is 9.19. The molecule has 0 aliphatic heterocycles. The molecule has 0 amide bonds. The van der Waals surface area contributed by atoms with Crippen LogP contribution in [0.15, 0.2) is 0 Å². The maximum atomic E-state index is 2.47. The van der Waals surface area contributed by atoms with Gasteiger partial charge in [-0.25, -0.2) is 0 Å². The maximum Gasteiger partial charge on any atom is -0.0320 e. The van der Waals surface area contributed by atoms with Crippen molar-refractivity contribution >= 4 is 0 Å². The van der Waals surface area contributed by atoms with Gasteiger partial charge in [-0.1, -0.05) is 40.5 Å². The van der Waals surface area contributed by atoms with Crippen LogP contribution in [0.4, 0.5) is 0 Å². The molecule has 0 atom stereocenters. The maximum absolute atomic E-state index is 2.47. The van der Waals surface area contributed by atoms with Crippen LogP contribution in [-0.4, -0.2) is 0 Å². The average molecular weight is 168 g/mol. The zero-order chi connectivity index (χ0) is 9.19. The molecule has 0 heteroatoms. The highest BCUT2D eigenvalue weighted by molar-refractivity contribution is 4.91. The lowest BCUT2D eigenvalue weighted by Gasteiger charge is -2.47. The van der Waals surface area contributed by atoms with E-state index >= 15 is 0 Å². The van der Waals surface area contributed by atoms with E-state index in [1.165, 1.54) is 32.1 Å². The van der Waals surface area contributed by atoms with Crippen LogP contribution in [0.5, 0.6) is 0 Å². The standard InChI is InChI=1S/C12H24/c1-5-6-7-12(4)8-11(9-12)10(2)3/h10-11H,5-9H2,1-4H3. The number of rotatable bonds is 4. The lowest BCUT2D eigenvalue weighted by atomic mass is 9.58. The van der Waals surface area contributed by atoms with Gasteiger partial charge in [-0.15, -0.1) is 0 Å². The molecule has 1 aliphatic carbocycles. The normalized spacial score (nSPS) is 35.2. The van der Waals surface area contributed by atoms with Gasteiger partial charge in [0.15, 0.2) is 0 Å². The van der Waals surface area contributed by atoms with Gasteiger partial charge in [-0.3, -0.25) is 0 Å². The molecule has 0 bridgehead atoms. The summed E-state index contributed by atoms with van der Waals surface area (Å²) in [5.41, 5.74) is 0.727. The van der Waals surface area contributed by atoms with E-state index in [0.29, 0.717) is 0 Å². The molecule has 1 rings (SSSR count). The van der Waals surface area contributed by atoms with E-state index in [9.17, 15) is 0 Å². The lowest BCUT2D eigenvalue weighted by molar-refractivity contribution is 0.0331. The zero-order valence-corrected chi connectivity index (χ0v) is 9.19. The van der Waals surface area contributed by atoms with Crippen molar-refractivity contribution in [1.29, 1.82) is 0 Å². The minimum atomic E-state index is 0.727. The van der Waals surface area contributed by atoms with E-state index in [0.717, 1.165) is 17.3 Å².